The molecule has 1 aliphatic rings. The van der Waals surface area contributed by atoms with E-state index in [4.69, 9.17) is 4.98 Å². The van der Waals surface area contributed by atoms with E-state index >= 15 is 0 Å². The van der Waals surface area contributed by atoms with Gasteiger partial charge >= 0.3 is 0 Å². The Morgan fingerprint density at radius 3 is 2.64 bits per heavy atom. The quantitative estimate of drug-likeness (QED) is 0.741. The van der Waals surface area contributed by atoms with Crippen LogP contribution < -0.4 is 5.32 Å². The van der Waals surface area contributed by atoms with E-state index in [0.29, 0.717) is 5.25 Å². The molecular formula is C20H22FN3S. The van der Waals surface area contributed by atoms with Crippen LogP contribution >= 0.6 is 11.8 Å². The molecule has 1 aromatic heterocycles. The number of benzene rings is 2. The maximum Gasteiger partial charge on any atom is 0.169 e. The zero-order chi connectivity index (χ0) is 17.1. The van der Waals surface area contributed by atoms with E-state index in [0.717, 1.165) is 42.3 Å². The lowest BCUT2D eigenvalue weighted by atomic mass is 10.1. The minimum atomic E-state index is -0.181. The highest BCUT2D eigenvalue weighted by Crippen LogP contribution is 2.31. The van der Waals surface area contributed by atoms with Crippen molar-refractivity contribution >= 4 is 22.8 Å². The monoisotopic (exact) mass is 355 g/mol. The number of halogens is 1. The number of aromatic nitrogens is 2. The van der Waals surface area contributed by atoms with Crippen LogP contribution in [0.5, 0.6) is 0 Å². The fourth-order valence-electron chi connectivity index (χ4n) is 3.31. The highest BCUT2D eigenvalue weighted by atomic mass is 32.2. The van der Waals surface area contributed by atoms with Crippen LogP contribution in [-0.2, 0) is 13.0 Å². The molecule has 1 aliphatic heterocycles. The molecule has 3 nitrogen and oxygen atoms in total. The number of para-hydroxylation sites is 2. The van der Waals surface area contributed by atoms with Crippen molar-refractivity contribution in [1.82, 2.24) is 14.9 Å². The molecule has 1 saturated heterocycles. The van der Waals surface area contributed by atoms with E-state index < -0.39 is 0 Å². The second-order valence-corrected chi connectivity index (χ2v) is 7.75. The van der Waals surface area contributed by atoms with Gasteiger partial charge < -0.3 is 9.88 Å². The molecule has 0 atom stereocenters. The first-order valence-corrected chi connectivity index (χ1v) is 9.74. The second-order valence-electron chi connectivity index (χ2n) is 6.48. The summed E-state index contributed by atoms with van der Waals surface area (Å²) in [5, 5.41) is 5.16. The summed E-state index contributed by atoms with van der Waals surface area (Å²) < 4.78 is 15.4. The summed E-state index contributed by atoms with van der Waals surface area (Å²) in [6.45, 7) is 3.04. The molecule has 0 unspecified atom stereocenters. The van der Waals surface area contributed by atoms with Crippen molar-refractivity contribution in [1.29, 1.82) is 0 Å². The van der Waals surface area contributed by atoms with Crippen molar-refractivity contribution in [2.45, 2.75) is 36.2 Å². The summed E-state index contributed by atoms with van der Waals surface area (Å²) in [6, 6.07) is 15.1. The summed E-state index contributed by atoms with van der Waals surface area (Å²) in [7, 11) is 0. The Bertz CT molecular complexity index is 838. The molecule has 5 heteroatoms. The lowest BCUT2D eigenvalue weighted by molar-refractivity contribution is 0.529. The first-order valence-electron chi connectivity index (χ1n) is 8.87. The number of fused-ring (bicyclic) bond motifs is 1. The summed E-state index contributed by atoms with van der Waals surface area (Å²) in [5.41, 5.74) is 3.39. The number of hydrogen-bond acceptors (Lipinski definition) is 3. The van der Waals surface area contributed by atoms with Crippen molar-refractivity contribution in [3.8, 4) is 0 Å². The van der Waals surface area contributed by atoms with Crippen LogP contribution in [0.1, 0.15) is 18.4 Å². The second kappa shape index (κ2) is 7.58. The maximum absolute atomic E-state index is 13.1. The lowest BCUT2D eigenvalue weighted by Crippen LogP contribution is -2.29. The van der Waals surface area contributed by atoms with Gasteiger partial charge in [0.15, 0.2) is 5.16 Å². The predicted molar refractivity (Wildman–Crippen MR) is 102 cm³/mol. The van der Waals surface area contributed by atoms with Crippen molar-refractivity contribution < 1.29 is 4.39 Å². The molecule has 0 amide bonds. The highest BCUT2D eigenvalue weighted by molar-refractivity contribution is 7.99. The Hall–Kier alpha value is -1.85. The summed E-state index contributed by atoms with van der Waals surface area (Å²) in [6.07, 6.45) is 3.25. The average molecular weight is 355 g/mol. The number of nitrogens with one attached hydrogen (secondary N) is 1. The van der Waals surface area contributed by atoms with E-state index in [1.165, 1.54) is 30.5 Å². The number of rotatable bonds is 5. The van der Waals surface area contributed by atoms with Crippen molar-refractivity contribution in [3.63, 3.8) is 0 Å². The molecule has 2 heterocycles. The molecule has 2 aromatic carbocycles. The summed E-state index contributed by atoms with van der Waals surface area (Å²) >= 11 is 1.91. The van der Waals surface area contributed by atoms with E-state index in [1.54, 1.807) is 0 Å². The van der Waals surface area contributed by atoms with Crippen molar-refractivity contribution in [2.24, 2.45) is 0 Å². The Labute approximate surface area is 151 Å². The number of hydrogen-bond donors (Lipinski definition) is 1. The van der Waals surface area contributed by atoms with Gasteiger partial charge in [0.25, 0.3) is 0 Å². The number of nitrogens with zero attached hydrogens (tertiary/aromatic N) is 2. The summed E-state index contributed by atoms with van der Waals surface area (Å²) in [5.74, 6) is -0.181. The molecule has 4 rings (SSSR count). The van der Waals surface area contributed by atoms with Gasteiger partial charge in [-0.15, -0.1) is 0 Å². The zero-order valence-corrected chi connectivity index (χ0v) is 14.9. The van der Waals surface area contributed by atoms with Gasteiger partial charge in [-0.2, -0.15) is 0 Å². The molecule has 0 saturated carbocycles. The SMILES string of the molecule is Fc1ccc(CCn2c(SC3CCNCC3)nc3ccccc32)cc1. The third-order valence-electron chi connectivity index (χ3n) is 4.72. The van der Waals surface area contributed by atoms with Crippen LogP contribution in [0, 0.1) is 5.82 Å². The normalized spacial score (nSPS) is 15.7. The van der Waals surface area contributed by atoms with Gasteiger partial charge in [-0.05, 0) is 62.2 Å². The van der Waals surface area contributed by atoms with Gasteiger partial charge in [0.2, 0.25) is 0 Å². The molecular weight excluding hydrogens is 333 g/mol. The maximum atomic E-state index is 13.1. The van der Waals surface area contributed by atoms with E-state index in [2.05, 4.69) is 28.1 Å². The van der Waals surface area contributed by atoms with E-state index in [1.807, 2.05) is 30.0 Å². The van der Waals surface area contributed by atoms with Gasteiger partial charge in [0.05, 0.1) is 11.0 Å². The molecule has 25 heavy (non-hydrogen) atoms. The predicted octanol–water partition coefficient (Wildman–Crippen LogP) is 4.26. The lowest BCUT2D eigenvalue weighted by Gasteiger charge is -2.22. The third kappa shape index (κ3) is 3.88. The molecule has 3 aromatic rings. The smallest absolute Gasteiger partial charge is 0.169 e. The molecule has 1 N–H and O–H groups in total. The molecule has 1 fully saturated rings. The Kier molecular flexibility index (Phi) is 5.04. The number of aryl methyl sites for hydroxylation is 2. The first-order chi connectivity index (χ1) is 12.3. The van der Waals surface area contributed by atoms with Crippen LogP contribution in [0.4, 0.5) is 4.39 Å². The molecule has 0 bridgehead atoms. The zero-order valence-electron chi connectivity index (χ0n) is 14.1. The first kappa shape index (κ1) is 16.6. The fraction of sp³-hybridized carbons (Fsp3) is 0.350. The van der Waals surface area contributed by atoms with Gasteiger partial charge in [-0.25, -0.2) is 9.37 Å². The van der Waals surface area contributed by atoms with Gasteiger partial charge in [0.1, 0.15) is 5.82 Å². The number of imidazole rings is 1. The highest BCUT2D eigenvalue weighted by Gasteiger charge is 2.19. The molecule has 0 spiro atoms. The van der Waals surface area contributed by atoms with Crippen LogP contribution in [0.2, 0.25) is 0 Å². The van der Waals surface area contributed by atoms with Gasteiger partial charge in [0, 0.05) is 11.8 Å². The summed E-state index contributed by atoms with van der Waals surface area (Å²) in [4.78, 5) is 4.88. The molecule has 0 radical (unpaired) electrons. The van der Waals surface area contributed by atoms with Crippen molar-refractivity contribution in [2.75, 3.05) is 13.1 Å². The largest absolute Gasteiger partial charge is 0.319 e. The average Bonchev–Trinajstić information content (AvgIpc) is 2.99. The van der Waals surface area contributed by atoms with Crippen LogP contribution in [-0.4, -0.2) is 27.9 Å². The minimum Gasteiger partial charge on any atom is -0.319 e. The van der Waals surface area contributed by atoms with E-state index in [-0.39, 0.29) is 5.82 Å². The Morgan fingerprint density at radius 1 is 1.08 bits per heavy atom. The molecule has 0 aliphatic carbocycles. The van der Waals surface area contributed by atoms with Crippen LogP contribution in [0.15, 0.2) is 53.7 Å². The topological polar surface area (TPSA) is 29.9 Å². The number of piperidine rings is 1. The van der Waals surface area contributed by atoms with Crippen LogP contribution in [0.3, 0.4) is 0 Å². The minimum absolute atomic E-state index is 0.181. The standard InChI is InChI=1S/C20H22FN3S/c21-16-7-5-15(6-8-16)11-14-24-19-4-2-1-3-18(19)23-20(24)25-17-9-12-22-13-10-17/h1-8,17,22H,9-14H2. The van der Waals surface area contributed by atoms with E-state index in [9.17, 15) is 4.39 Å². The third-order valence-corrected chi connectivity index (χ3v) is 6.04. The number of thioether (sulfide) groups is 1. The molecule has 130 valence electrons. The van der Waals surface area contributed by atoms with Gasteiger partial charge in [-0.3, -0.25) is 0 Å². The van der Waals surface area contributed by atoms with Crippen molar-refractivity contribution in [3.05, 3.63) is 59.9 Å². The Balaban J connectivity index is 1.58. The fourth-order valence-corrected chi connectivity index (χ4v) is 4.55. The van der Waals surface area contributed by atoms with Crippen LogP contribution in [0.25, 0.3) is 11.0 Å². The Morgan fingerprint density at radius 2 is 1.84 bits per heavy atom. The van der Waals surface area contributed by atoms with Gasteiger partial charge in [-0.1, -0.05) is 36.0 Å².